The highest BCUT2D eigenvalue weighted by atomic mass is 35.5. The molecule has 3 rings (SSSR count). The van der Waals surface area contributed by atoms with Gasteiger partial charge in [-0.15, -0.1) is 0 Å². The molecular weight excluding hydrogens is 388 g/mol. The van der Waals surface area contributed by atoms with E-state index in [9.17, 15) is 9.59 Å². The second-order valence-electron chi connectivity index (χ2n) is 7.39. The Balaban J connectivity index is 1.46. The first-order chi connectivity index (χ1) is 14.1. The molecule has 0 radical (unpaired) electrons. The Hall–Kier alpha value is -2.53. The van der Waals surface area contributed by atoms with Gasteiger partial charge in [-0.25, -0.2) is 0 Å². The van der Waals surface area contributed by atoms with Crippen molar-refractivity contribution in [3.8, 4) is 5.75 Å². The van der Waals surface area contributed by atoms with Crippen molar-refractivity contribution in [2.45, 2.75) is 32.2 Å². The quantitative estimate of drug-likeness (QED) is 0.734. The van der Waals surface area contributed by atoms with Crippen LogP contribution in [0, 0.1) is 5.92 Å². The van der Waals surface area contributed by atoms with Gasteiger partial charge in [0.15, 0.2) is 0 Å². The number of hydrogen-bond acceptors (Lipinski definition) is 3. The molecule has 1 fully saturated rings. The van der Waals surface area contributed by atoms with Crippen LogP contribution in [0.5, 0.6) is 5.75 Å². The van der Waals surface area contributed by atoms with Gasteiger partial charge in [0.2, 0.25) is 5.91 Å². The van der Waals surface area contributed by atoms with Gasteiger partial charge in [-0.2, -0.15) is 0 Å². The first-order valence-corrected chi connectivity index (χ1v) is 10.4. The molecule has 154 valence electrons. The minimum Gasteiger partial charge on any atom is -0.497 e. The number of likely N-dealkylation sites (tertiary alicyclic amines) is 1. The maximum Gasteiger partial charge on any atom is 0.253 e. The smallest absolute Gasteiger partial charge is 0.253 e. The van der Waals surface area contributed by atoms with Crippen LogP contribution >= 0.6 is 11.6 Å². The van der Waals surface area contributed by atoms with E-state index in [0.29, 0.717) is 36.0 Å². The van der Waals surface area contributed by atoms with Crippen LogP contribution in [0.15, 0.2) is 48.5 Å². The van der Waals surface area contributed by atoms with Crippen LogP contribution in [-0.4, -0.2) is 36.9 Å². The number of piperidine rings is 1. The summed E-state index contributed by atoms with van der Waals surface area (Å²) in [4.78, 5) is 26.9. The summed E-state index contributed by atoms with van der Waals surface area (Å²) in [5.41, 5.74) is 1.58. The lowest BCUT2D eigenvalue weighted by Crippen LogP contribution is -2.40. The molecule has 1 aliphatic rings. The predicted molar refractivity (Wildman–Crippen MR) is 114 cm³/mol. The summed E-state index contributed by atoms with van der Waals surface area (Å²) in [6.45, 7) is 1.90. The third-order valence-corrected chi connectivity index (χ3v) is 5.73. The number of methoxy groups -OCH3 is 1. The molecule has 2 aromatic carbocycles. The normalized spacial score (nSPS) is 16.3. The first-order valence-electron chi connectivity index (χ1n) is 10.00. The van der Waals surface area contributed by atoms with Crippen molar-refractivity contribution < 1.29 is 14.3 Å². The number of carbonyl (C=O) groups excluding carboxylic acids is 2. The molecule has 29 heavy (non-hydrogen) atoms. The lowest BCUT2D eigenvalue weighted by atomic mass is 9.92. The molecule has 0 bridgehead atoms. The van der Waals surface area contributed by atoms with E-state index in [1.165, 1.54) is 0 Å². The lowest BCUT2D eigenvalue weighted by molar-refractivity contribution is -0.121. The van der Waals surface area contributed by atoms with Crippen molar-refractivity contribution in [3.63, 3.8) is 0 Å². The fourth-order valence-corrected chi connectivity index (χ4v) is 3.86. The van der Waals surface area contributed by atoms with Gasteiger partial charge in [0.25, 0.3) is 5.91 Å². The van der Waals surface area contributed by atoms with Crippen LogP contribution in [0.1, 0.15) is 41.6 Å². The number of nitrogens with one attached hydrogen (secondary N) is 1. The van der Waals surface area contributed by atoms with Gasteiger partial charge in [-0.05, 0) is 61.1 Å². The number of rotatable bonds is 7. The van der Waals surface area contributed by atoms with E-state index in [0.717, 1.165) is 37.1 Å². The van der Waals surface area contributed by atoms with E-state index >= 15 is 0 Å². The molecule has 6 heteroatoms. The molecule has 0 saturated carbocycles. The maximum absolute atomic E-state index is 12.8. The highest BCUT2D eigenvalue weighted by Crippen LogP contribution is 2.23. The van der Waals surface area contributed by atoms with Crippen LogP contribution in [-0.2, 0) is 11.3 Å². The zero-order valence-electron chi connectivity index (χ0n) is 16.7. The van der Waals surface area contributed by atoms with Crippen molar-refractivity contribution in [3.05, 3.63) is 64.7 Å². The van der Waals surface area contributed by atoms with E-state index in [1.54, 1.807) is 31.4 Å². The molecule has 1 unspecified atom stereocenters. The summed E-state index contributed by atoms with van der Waals surface area (Å²) in [6.07, 6.45) is 3.25. The van der Waals surface area contributed by atoms with Crippen molar-refractivity contribution in [2.75, 3.05) is 20.2 Å². The minimum atomic E-state index is 0.0172. The monoisotopic (exact) mass is 414 g/mol. The molecule has 0 aromatic heterocycles. The zero-order chi connectivity index (χ0) is 20.6. The second kappa shape index (κ2) is 10.3. The SMILES string of the molecule is COc1ccc(C(=O)N2CCCC(CCC(=O)NCc3ccccc3Cl)C2)cc1. The molecule has 1 N–H and O–H groups in total. The number of amides is 2. The zero-order valence-corrected chi connectivity index (χ0v) is 17.5. The maximum atomic E-state index is 12.8. The Kier molecular flexibility index (Phi) is 7.53. The highest BCUT2D eigenvalue weighted by molar-refractivity contribution is 6.31. The fraction of sp³-hybridized carbons (Fsp3) is 0.391. The summed E-state index contributed by atoms with van der Waals surface area (Å²) in [7, 11) is 1.61. The van der Waals surface area contributed by atoms with E-state index in [4.69, 9.17) is 16.3 Å². The molecule has 5 nitrogen and oxygen atoms in total. The first kappa shape index (κ1) is 21.2. The Morgan fingerprint density at radius 1 is 1.17 bits per heavy atom. The predicted octanol–water partition coefficient (Wildman–Crippen LogP) is 4.30. The largest absolute Gasteiger partial charge is 0.497 e. The second-order valence-corrected chi connectivity index (χ2v) is 7.80. The van der Waals surface area contributed by atoms with Gasteiger partial charge in [0, 0.05) is 36.6 Å². The van der Waals surface area contributed by atoms with Crippen molar-refractivity contribution in [1.82, 2.24) is 10.2 Å². The summed E-state index contributed by atoms with van der Waals surface area (Å²) in [5.74, 6) is 1.14. The molecule has 0 aliphatic carbocycles. The van der Waals surface area contributed by atoms with Gasteiger partial charge >= 0.3 is 0 Å². The number of hydrogen-bond donors (Lipinski definition) is 1. The van der Waals surface area contributed by atoms with Gasteiger partial charge < -0.3 is 15.0 Å². The van der Waals surface area contributed by atoms with E-state index in [2.05, 4.69) is 5.32 Å². The van der Waals surface area contributed by atoms with Gasteiger partial charge in [0.1, 0.15) is 5.75 Å². The van der Waals surface area contributed by atoms with Gasteiger partial charge in [-0.1, -0.05) is 29.8 Å². The Labute approximate surface area is 177 Å². The summed E-state index contributed by atoms with van der Waals surface area (Å²) in [6, 6.07) is 14.7. The summed E-state index contributed by atoms with van der Waals surface area (Å²) in [5, 5.41) is 3.59. The summed E-state index contributed by atoms with van der Waals surface area (Å²) >= 11 is 6.12. The molecule has 2 aromatic rings. The molecule has 1 aliphatic heterocycles. The summed E-state index contributed by atoms with van der Waals surface area (Å²) < 4.78 is 5.15. The number of nitrogens with zero attached hydrogens (tertiary/aromatic N) is 1. The molecule has 1 heterocycles. The minimum absolute atomic E-state index is 0.0172. The molecule has 2 amide bonds. The Morgan fingerprint density at radius 3 is 2.66 bits per heavy atom. The third kappa shape index (κ3) is 5.97. The molecule has 1 atom stereocenters. The average Bonchev–Trinajstić information content (AvgIpc) is 2.77. The van der Waals surface area contributed by atoms with Crippen LogP contribution in [0.4, 0.5) is 0 Å². The number of carbonyl (C=O) groups is 2. The van der Waals surface area contributed by atoms with Crippen LogP contribution in [0.3, 0.4) is 0 Å². The standard InChI is InChI=1S/C23H27ClN2O3/c1-29-20-11-9-18(10-12-20)23(28)26-14-4-5-17(16-26)8-13-22(27)25-15-19-6-2-3-7-21(19)24/h2-3,6-7,9-12,17H,4-5,8,13-16H2,1H3,(H,25,27). The van der Waals surface area contributed by atoms with Gasteiger partial charge in [-0.3, -0.25) is 9.59 Å². The Morgan fingerprint density at radius 2 is 1.93 bits per heavy atom. The molecule has 1 saturated heterocycles. The Bertz CT molecular complexity index is 838. The lowest BCUT2D eigenvalue weighted by Gasteiger charge is -2.33. The third-order valence-electron chi connectivity index (χ3n) is 5.36. The van der Waals surface area contributed by atoms with Crippen molar-refractivity contribution >= 4 is 23.4 Å². The topological polar surface area (TPSA) is 58.6 Å². The van der Waals surface area contributed by atoms with Crippen LogP contribution < -0.4 is 10.1 Å². The molecular formula is C23H27ClN2O3. The van der Waals surface area contributed by atoms with Crippen LogP contribution in [0.25, 0.3) is 0 Å². The number of halogens is 1. The van der Waals surface area contributed by atoms with Crippen LogP contribution in [0.2, 0.25) is 5.02 Å². The van der Waals surface area contributed by atoms with E-state index in [-0.39, 0.29) is 11.8 Å². The van der Waals surface area contributed by atoms with E-state index in [1.807, 2.05) is 29.2 Å². The number of benzene rings is 2. The van der Waals surface area contributed by atoms with E-state index < -0.39 is 0 Å². The molecule has 0 spiro atoms. The number of ether oxygens (including phenoxy) is 1. The van der Waals surface area contributed by atoms with Crippen molar-refractivity contribution in [1.29, 1.82) is 0 Å². The fourth-order valence-electron chi connectivity index (χ4n) is 3.66. The average molecular weight is 415 g/mol. The highest BCUT2D eigenvalue weighted by Gasteiger charge is 2.25. The van der Waals surface area contributed by atoms with Gasteiger partial charge in [0.05, 0.1) is 7.11 Å². The van der Waals surface area contributed by atoms with Crippen molar-refractivity contribution in [2.24, 2.45) is 5.92 Å².